The third kappa shape index (κ3) is 3.44. The Morgan fingerprint density at radius 1 is 0.955 bits per heavy atom. The van der Waals surface area contributed by atoms with Gasteiger partial charge >= 0.3 is 18.5 Å². The number of anilines is 1. The maximum absolute atomic E-state index is 12.5. The molecule has 0 aromatic carbocycles. The number of carbonyl (C=O) groups is 1. The number of alkyl halides is 10. The second-order valence-corrected chi connectivity index (χ2v) is 5.69. The predicted molar refractivity (Wildman–Crippen MR) is 57.3 cm³/mol. The average Bonchev–Trinajstić information content (AvgIpc) is 2.72. The fraction of sp³-hybridized carbons (Fsp3) is 0.571. The van der Waals surface area contributed by atoms with E-state index >= 15 is 0 Å². The molecule has 1 aromatic rings. The summed E-state index contributed by atoms with van der Waals surface area (Å²) in [4.78, 5) is 11.2. The quantitative estimate of drug-likeness (QED) is 0.579. The second-order valence-electron chi connectivity index (χ2n) is 3.52. The van der Waals surface area contributed by atoms with Crippen LogP contribution in [-0.2, 0) is 11.0 Å². The Hall–Kier alpha value is -1.12. The zero-order valence-electron chi connectivity index (χ0n) is 9.49. The SMILES string of the molecule is O=C(Nc1nnc(C(F)(F)F)s1)C(Br)(C(F)(F)F)C(F)(F)F. The molecule has 0 aliphatic heterocycles. The second kappa shape index (κ2) is 5.50. The summed E-state index contributed by atoms with van der Waals surface area (Å²) < 4.78 is 107. The number of carbonyl (C=O) groups excluding carboxylic acids is 1. The number of halogens is 10. The highest BCUT2D eigenvalue weighted by Crippen LogP contribution is 2.50. The van der Waals surface area contributed by atoms with E-state index in [1.807, 2.05) is 0 Å². The van der Waals surface area contributed by atoms with Gasteiger partial charge in [-0.2, -0.15) is 39.5 Å². The minimum atomic E-state index is -6.10. The Kier molecular flexibility index (Phi) is 4.74. The molecule has 126 valence electrons. The highest BCUT2D eigenvalue weighted by atomic mass is 79.9. The van der Waals surface area contributed by atoms with Crippen LogP contribution in [0.1, 0.15) is 5.01 Å². The number of hydrogen-bond donors (Lipinski definition) is 1. The van der Waals surface area contributed by atoms with Crippen molar-refractivity contribution in [3.05, 3.63) is 5.01 Å². The molecule has 22 heavy (non-hydrogen) atoms. The summed E-state index contributed by atoms with van der Waals surface area (Å²) in [5.74, 6) is -2.70. The number of nitrogens with one attached hydrogen (secondary N) is 1. The van der Waals surface area contributed by atoms with E-state index < -0.39 is 50.2 Å². The smallest absolute Gasteiger partial charge is 0.299 e. The molecule has 1 N–H and O–H groups in total. The molecule has 0 saturated carbocycles. The number of hydrogen-bond acceptors (Lipinski definition) is 4. The van der Waals surface area contributed by atoms with E-state index in [4.69, 9.17) is 0 Å². The summed E-state index contributed by atoms with van der Waals surface area (Å²) in [5.41, 5.74) is 0. The van der Waals surface area contributed by atoms with E-state index in [9.17, 15) is 44.3 Å². The van der Waals surface area contributed by atoms with Crippen molar-refractivity contribution >= 4 is 38.3 Å². The molecule has 1 amide bonds. The minimum Gasteiger partial charge on any atom is -0.299 e. The van der Waals surface area contributed by atoms with Crippen molar-refractivity contribution in [2.24, 2.45) is 0 Å². The lowest BCUT2D eigenvalue weighted by Gasteiger charge is -2.30. The summed E-state index contributed by atoms with van der Waals surface area (Å²) in [6.45, 7) is 0. The number of nitrogens with zero attached hydrogens (tertiary/aromatic N) is 2. The van der Waals surface area contributed by atoms with Gasteiger partial charge in [0.25, 0.3) is 10.2 Å². The largest absolute Gasteiger partial charge is 0.445 e. The van der Waals surface area contributed by atoms with Gasteiger partial charge in [0, 0.05) is 0 Å². The molecule has 0 saturated heterocycles. The van der Waals surface area contributed by atoms with Crippen molar-refractivity contribution in [1.29, 1.82) is 0 Å². The molecule has 0 radical (unpaired) electrons. The lowest BCUT2D eigenvalue weighted by Crippen LogP contribution is -2.59. The number of rotatable bonds is 2. The molecule has 1 rings (SSSR count). The van der Waals surface area contributed by atoms with Crippen LogP contribution in [0.5, 0.6) is 0 Å². The van der Waals surface area contributed by atoms with E-state index in [1.165, 1.54) is 15.9 Å². The van der Waals surface area contributed by atoms with Crippen molar-refractivity contribution in [1.82, 2.24) is 10.2 Å². The fourth-order valence-electron chi connectivity index (χ4n) is 0.990. The van der Waals surface area contributed by atoms with Gasteiger partial charge in [-0.25, -0.2) is 0 Å². The van der Waals surface area contributed by atoms with Crippen LogP contribution >= 0.6 is 27.3 Å². The maximum atomic E-state index is 12.5. The highest BCUT2D eigenvalue weighted by Gasteiger charge is 2.74. The van der Waals surface area contributed by atoms with Crippen LogP contribution in [0.4, 0.5) is 44.6 Å². The molecule has 1 aromatic heterocycles. The summed E-state index contributed by atoms with van der Waals surface area (Å²) >= 11 is 0.839. The van der Waals surface area contributed by atoms with Crippen LogP contribution in [0.2, 0.25) is 0 Å². The molecule has 0 bridgehead atoms. The molecular formula is C7HBrF9N3OS. The molecule has 4 nitrogen and oxygen atoms in total. The average molecular weight is 426 g/mol. The van der Waals surface area contributed by atoms with Gasteiger partial charge in [-0.1, -0.05) is 27.3 Å². The Labute approximate surface area is 126 Å². The van der Waals surface area contributed by atoms with E-state index in [1.54, 1.807) is 0 Å². The summed E-state index contributed by atoms with van der Waals surface area (Å²) in [5, 5.41) is 3.34. The van der Waals surface area contributed by atoms with Crippen molar-refractivity contribution in [2.75, 3.05) is 5.32 Å². The van der Waals surface area contributed by atoms with Crippen LogP contribution in [0.3, 0.4) is 0 Å². The van der Waals surface area contributed by atoms with Crippen LogP contribution < -0.4 is 5.32 Å². The normalized spacial score (nSPS) is 14.1. The molecule has 0 spiro atoms. The number of aromatic nitrogens is 2. The van der Waals surface area contributed by atoms with Crippen molar-refractivity contribution in [3.8, 4) is 0 Å². The van der Waals surface area contributed by atoms with Crippen molar-refractivity contribution in [3.63, 3.8) is 0 Å². The highest BCUT2D eigenvalue weighted by molar-refractivity contribution is 9.10. The Bertz CT molecular complexity index is 549. The van der Waals surface area contributed by atoms with Gasteiger partial charge in [-0.3, -0.25) is 10.1 Å². The van der Waals surface area contributed by atoms with Gasteiger partial charge in [0.15, 0.2) is 0 Å². The first-order chi connectivity index (χ1) is 9.60. The topological polar surface area (TPSA) is 54.9 Å². The van der Waals surface area contributed by atoms with Gasteiger partial charge < -0.3 is 0 Å². The summed E-state index contributed by atoms with van der Waals surface area (Å²) in [6, 6.07) is 0. The van der Waals surface area contributed by atoms with Gasteiger partial charge in [-0.05, 0) is 0 Å². The van der Waals surface area contributed by atoms with E-state index in [2.05, 4.69) is 10.2 Å². The fourth-order valence-corrected chi connectivity index (χ4v) is 1.69. The molecular weight excluding hydrogens is 425 g/mol. The third-order valence-electron chi connectivity index (χ3n) is 1.98. The van der Waals surface area contributed by atoms with E-state index in [-0.39, 0.29) is 0 Å². The lowest BCUT2D eigenvalue weighted by molar-refractivity contribution is -0.253. The van der Waals surface area contributed by atoms with Crippen LogP contribution in [0.25, 0.3) is 0 Å². The van der Waals surface area contributed by atoms with Gasteiger partial charge in [0.2, 0.25) is 10.1 Å². The minimum absolute atomic E-state index is 0.429. The molecule has 0 atom stereocenters. The first-order valence-electron chi connectivity index (χ1n) is 4.65. The van der Waals surface area contributed by atoms with E-state index in [0.29, 0.717) is 0 Å². The molecule has 15 heteroatoms. The van der Waals surface area contributed by atoms with Gasteiger partial charge in [0.05, 0.1) is 0 Å². The summed E-state index contributed by atoms with van der Waals surface area (Å²) in [7, 11) is 0. The standard InChI is InChI=1S/C7HBrF9N3OS/c8-4(6(12,13)14,7(15,16)17)1(21)18-3-20-19-2(22-3)5(9,10)11/h(H,18,20,21). The van der Waals surface area contributed by atoms with Crippen LogP contribution in [-0.4, -0.2) is 32.8 Å². The molecule has 0 fully saturated rings. The monoisotopic (exact) mass is 425 g/mol. The third-order valence-corrected chi connectivity index (χ3v) is 4.12. The van der Waals surface area contributed by atoms with E-state index in [0.717, 1.165) is 5.32 Å². The lowest BCUT2D eigenvalue weighted by atomic mass is 10.1. The van der Waals surface area contributed by atoms with Crippen LogP contribution in [0.15, 0.2) is 0 Å². The van der Waals surface area contributed by atoms with Gasteiger partial charge in [-0.15, -0.1) is 10.2 Å². The zero-order chi connectivity index (χ0) is 17.6. The first-order valence-corrected chi connectivity index (χ1v) is 6.26. The predicted octanol–water partition coefficient (Wildman–Crippen LogP) is 3.75. The molecule has 0 aliphatic carbocycles. The number of amides is 1. The van der Waals surface area contributed by atoms with Gasteiger partial charge in [0.1, 0.15) is 0 Å². The van der Waals surface area contributed by atoms with Crippen molar-refractivity contribution in [2.45, 2.75) is 22.9 Å². The zero-order valence-corrected chi connectivity index (χ0v) is 11.9. The molecule has 0 unspecified atom stereocenters. The van der Waals surface area contributed by atoms with Crippen LogP contribution in [0, 0.1) is 0 Å². The maximum Gasteiger partial charge on any atom is 0.445 e. The molecule has 0 aliphatic rings. The Morgan fingerprint density at radius 3 is 1.73 bits per heavy atom. The first kappa shape index (κ1) is 18.9. The summed E-state index contributed by atoms with van der Waals surface area (Å²) in [6.07, 6.45) is -17.2. The Morgan fingerprint density at radius 2 is 1.41 bits per heavy atom. The molecule has 1 heterocycles. The van der Waals surface area contributed by atoms with Crippen molar-refractivity contribution < 1.29 is 44.3 Å². The Balaban J connectivity index is 3.11.